The number of hydrogen-bond donors (Lipinski definition) is 4. The molecule has 2 aromatic carbocycles. The fraction of sp³-hybridized carbons (Fsp3) is 0.269. The second-order valence-electron chi connectivity index (χ2n) is 8.35. The molecule has 0 spiro atoms. The van der Waals surface area contributed by atoms with Gasteiger partial charge in [-0.05, 0) is 35.2 Å². The second kappa shape index (κ2) is 11.8. The number of amides is 2. The Bertz CT molecular complexity index is 1320. The zero-order valence-corrected chi connectivity index (χ0v) is 20.1. The molecular weight excluding hydrogens is 458 g/mol. The quantitative estimate of drug-likeness (QED) is 0.254. The van der Waals surface area contributed by atoms with E-state index < -0.39 is 0 Å². The fourth-order valence-corrected chi connectivity index (χ4v) is 3.52. The molecule has 0 atom stereocenters. The third-order valence-corrected chi connectivity index (χ3v) is 5.58. The minimum atomic E-state index is -0.161. The van der Waals surface area contributed by atoms with E-state index in [1.165, 1.54) is 6.33 Å². The van der Waals surface area contributed by atoms with Crippen molar-refractivity contribution in [2.75, 3.05) is 5.73 Å². The van der Waals surface area contributed by atoms with Crippen LogP contribution >= 0.6 is 0 Å². The van der Waals surface area contributed by atoms with Crippen LogP contribution < -0.4 is 21.1 Å². The molecule has 186 valence electrons. The van der Waals surface area contributed by atoms with E-state index in [-0.39, 0.29) is 17.8 Å². The number of unbranched alkanes of at least 4 members (excludes halogenated alkanes) is 1. The van der Waals surface area contributed by atoms with Gasteiger partial charge in [0.25, 0.3) is 5.91 Å². The first-order valence-electron chi connectivity index (χ1n) is 11.8. The van der Waals surface area contributed by atoms with Crippen LogP contribution in [-0.2, 0) is 24.5 Å². The molecule has 2 aromatic heterocycles. The largest absolute Gasteiger partial charge is 0.471 e. The number of anilines is 1. The third kappa shape index (κ3) is 6.56. The lowest BCUT2D eigenvalue weighted by molar-refractivity contribution is -0.121. The maximum atomic E-state index is 12.5. The number of imidazole rings is 1. The van der Waals surface area contributed by atoms with Crippen LogP contribution in [0.3, 0.4) is 0 Å². The van der Waals surface area contributed by atoms with Crippen molar-refractivity contribution in [3.8, 4) is 5.88 Å². The van der Waals surface area contributed by atoms with Crippen LogP contribution in [0.1, 0.15) is 53.2 Å². The van der Waals surface area contributed by atoms with Gasteiger partial charge >= 0.3 is 0 Å². The maximum Gasteiger partial charge on any atom is 0.251 e. The van der Waals surface area contributed by atoms with Crippen LogP contribution in [0, 0.1) is 0 Å². The number of fused-ring (bicyclic) bond motifs is 1. The summed E-state index contributed by atoms with van der Waals surface area (Å²) in [5, 5.41) is 5.82. The van der Waals surface area contributed by atoms with Crippen LogP contribution in [0.15, 0.2) is 54.9 Å². The Morgan fingerprint density at radius 1 is 0.944 bits per heavy atom. The number of carbonyl (C=O) groups excluding carboxylic acids is 2. The van der Waals surface area contributed by atoms with Gasteiger partial charge in [-0.2, -0.15) is 9.97 Å². The van der Waals surface area contributed by atoms with Gasteiger partial charge in [0.2, 0.25) is 17.7 Å². The highest BCUT2D eigenvalue weighted by Gasteiger charge is 2.10. The Morgan fingerprint density at radius 2 is 1.61 bits per heavy atom. The van der Waals surface area contributed by atoms with E-state index in [0.29, 0.717) is 48.7 Å². The molecule has 10 nitrogen and oxygen atoms in total. The number of H-pyrrole nitrogens is 1. The molecule has 4 rings (SSSR count). The second-order valence-corrected chi connectivity index (χ2v) is 8.35. The molecule has 0 fully saturated rings. The van der Waals surface area contributed by atoms with Gasteiger partial charge in [0.05, 0.1) is 6.33 Å². The summed E-state index contributed by atoms with van der Waals surface area (Å²) in [5.41, 5.74) is 10.2. The SMILES string of the molecule is CCCCC(=O)NCc1ccc(C(=O)NCc2ccc(COc3nc(N)nc4nc[nH]c34)cc2)cc1. The van der Waals surface area contributed by atoms with E-state index in [4.69, 9.17) is 10.5 Å². The lowest BCUT2D eigenvalue weighted by Crippen LogP contribution is -2.23. The van der Waals surface area contributed by atoms with Gasteiger partial charge in [-0.25, -0.2) is 4.98 Å². The Labute approximate surface area is 208 Å². The molecule has 0 saturated carbocycles. The molecule has 36 heavy (non-hydrogen) atoms. The van der Waals surface area contributed by atoms with Crippen LogP contribution in [0.4, 0.5) is 5.95 Å². The van der Waals surface area contributed by atoms with Crippen molar-refractivity contribution in [3.63, 3.8) is 0 Å². The molecule has 5 N–H and O–H groups in total. The van der Waals surface area contributed by atoms with Gasteiger partial charge in [-0.15, -0.1) is 0 Å². The van der Waals surface area contributed by atoms with E-state index in [2.05, 4.69) is 37.5 Å². The third-order valence-electron chi connectivity index (χ3n) is 5.58. The highest BCUT2D eigenvalue weighted by molar-refractivity contribution is 5.94. The summed E-state index contributed by atoms with van der Waals surface area (Å²) in [6.07, 6.45) is 3.93. The normalized spacial score (nSPS) is 10.8. The predicted octanol–water partition coefficient (Wildman–Crippen LogP) is 3.25. The van der Waals surface area contributed by atoms with Crippen molar-refractivity contribution < 1.29 is 14.3 Å². The topological polar surface area (TPSA) is 148 Å². The molecule has 0 aliphatic rings. The summed E-state index contributed by atoms with van der Waals surface area (Å²) in [5.74, 6) is 0.326. The van der Waals surface area contributed by atoms with Gasteiger partial charge < -0.3 is 26.1 Å². The predicted molar refractivity (Wildman–Crippen MR) is 136 cm³/mol. The van der Waals surface area contributed by atoms with Crippen molar-refractivity contribution in [3.05, 3.63) is 77.1 Å². The van der Waals surface area contributed by atoms with Gasteiger partial charge in [0, 0.05) is 25.1 Å². The van der Waals surface area contributed by atoms with Crippen molar-refractivity contribution in [1.29, 1.82) is 0 Å². The number of nitrogens with zero attached hydrogens (tertiary/aromatic N) is 3. The molecule has 0 aliphatic carbocycles. The highest BCUT2D eigenvalue weighted by atomic mass is 16.5. The average Bonchev–Trinajstić information content (AvgIpc) is 3.37. The molecule has 0 unspecified atom stereocenters. The lowest BCUT2D eigenvalue weighted by Gasteiger charge is -2.09. The maximum absolute atomic E-state index is 12.5. The highest BCUT2D eigenvalue weighted by Crippen LogP contribution is 2.21. The summed E-state index contributed by atoms with van der Waals surface area (Å²) in [4.78, 5) is 39.5. The number of nitrogens with two attached hydrogens (primary N) is 1. The Morgan fingerprint density at radius 3 is 2.33 bits per heavy atom. The van der Waals surface area contributed by atoms with Crippen molar-refractivity contribution in [1.82, 2.24) is 30.6 Å². The van der Waals surface area contributed by atoms with Gasteiger partial charge in [0.15, 0.2) is 5.65 Å². The van der Waals surface area contributed by atoms with Crippen LogP contribution in [0.5, 0.6) is 5.88 Å². The molecule has 4 aromatic rings. The summed E-state index contributed by atoms with van der Waals surface area (Å²) in [6, 6.07) is 15.0. The van der Waals surface area contributed by atoms with Crippen LogP contribution in [0.25, 0.3) is 11.2 Å². The fourth-order valence-electron chi connectivity index (χ4n) is 3.52. The molecule has 2 heterocycles. The molecule has 2 amide bonds. The molecule has 0 aliphatic heterocycles. The number of rotatable bonds is 11. The number of ether oxygens (including phenoxy) is 1. The number of hydrogen-bond acceptors (Lipinski definition) is 7. The summed E-state index contributed by atoms with van der Waals surface area (Å²) in [7, 11) is 0. The first-order chi connectivity index (χ1) is 17.5. The van der Waals surface area contributed by atoms with Crippen LogP contribution in [0.2, 0.25) is 0 Å². The molecule has 0 radical (unpaired) electrons. The zero-order chi connectivity index (χ0) is 25.3. The van der Waals surface area contributed by atoms with Crippen molar-refractivity contribution >= 4 is 28.9 Å². The molecular formula is C26H29N7O3. The molecule has 10 heteroatoms. The van der Waals surface area contributed by atoms with E-state index in [1.807, 2.05) is 36.4 Å². The summed E-state index contributed by atoms with van der Waals surface area (Å²) in [6.45, 7) is 3.20. The zero-order valence-electron chi connectivity index (χ0n) is 20.1. The number of benzene rings is 2. The first kappa shape index (κ1) is 24.6. The molecule has 0 saturated heterocycles. The summed E-state index contributed by atoms with van der Waals surface area (Å²) >= 11 is 0. The number of aromatic amines is 1. The minimum absolute atomic E-state index is 0.0464. The van der Waals surface area contributed by atoms with Crippen molar-refractivity contribution in [2.45, 2.75) is 45.9 Å². The monoisotopic (exact) mass is 487 g/mol. The van der Waals surface area contributed by atoms with E-state index in [9.17, 15) is 9.59 Å². The number of carbonyl (C=O) groups is 2. The van der Waals surface area contributed by atoms with Gasteiger partial charge in [-0.1, -0.05) is 49.7 Å². The average molecular weight is 488 g/mol. The van der Waals surface area contributed by atoms with E-state index in [0.717, 1.165) is 29.5 Å². The lowest BCUT2D eigenvalue weighted by atomic mass is 10.1. The number of nitrogen functional groups attached to an aromatic ring is 1. The molecule has 0 bridgehead atoms. The van der Waals surface area contributed by atoms with Gasteiger partial charge in [0.1, 0.15) is 12.1 Å². The smallest absolute Gasteiger partial charge is 0.251 e. The number of aromatic nitrogens is 4. The van der Waals surface area contributed by atoms with Gasteiger partial charge in [-0.3, -0.25) is 9.59 Å². The first-order valence-corrected chi connectivity index (χ1v) is 11.8. The Balaban J connectivity index is 1.24. The number of nitrogens with one attached hydrogen (secondary N) is 3. The Hall–Kier alpha value is -4.47. The Kier molecular flexibility index (Phi) is 8.07. The minimum Gasteiger partial charge on any atom is -0.471 e. The van der Waals surface area contributed by atoms with E-state index >= 15 is 0 Å². The summed E-state index contributed by atoms with van der Waals surface area (Å²) < 4.78 is 5.80. The van der Waals surface area contributed by atoms with E-state index in [1.54, 1.807) is 12.1 Å². The van der Waals surface area contributed by atoms with Crippen LogP contribution in [-0.4, -0.2) is 31.8 Å². The standard InChI is InChI=1S/C26H29N7O3/c1-2-3-4-21(34)28-13-18-9-11-20(12-10-18)24(35)29-14-17-5-7-19(8-6-17)15-36-25-22-23(31-16-30-22)32-26(27)33-25/h5-12,16H,2-4,13-15H2,1H3,(H,28,34)(H,29,35)(H3,27,30,31,32,33). The van der Waals surface area contributed by atoms with Crippen molar-refractivity contribution in [2.24, 2.45) is 0 Å².